The maximum Gasteiger partial charge on any atom is 0.234 e. The molecule has 2 amide bonds. The topological polar surface area (TPSA) is 82.0 Å². The predicted octanol–water partition coefficient (Wildman–Crippen LogP) is 4.61. The van der Waals surface area contributed by atoms with E-state index in [9.17, 15) is 14.9 Å². The molecule has 0 aliphatic carbocycles. The van der Waals surface area contributed by atoms with Gasteiger partial charge in [0.15, 0.2) is 0 Å². The zero-order chi connectivity index (χ0) is 20.2. The van der Waals surface area contributed by atoms with E-state index in [1.807, 2.05) is 60.0 Å². The van der Waals surface area contributed by atoms with Crippen molar-refractivity contribution >= 4 is 51.4 Å². The highest BCUT2D eigenvalue weighted by atomic mass is 32.2. The number of carbonyl (C=O) groups is 2. The zero-order valence-corrected chi connectivity index (χ0v) is 17.0. The van der Waals surface area contributed by atoms with Crippen LogP contribution in [-0.4, -0.2) is 17.6 Å². The van der Waals surface area contributed by atoms with Gasteiger partial charge in [-0.15, -0.1) is 11.3 Å². The van der Waals surface area contributed by atoms with Gasteiger partial charge in [0.2, 0.25) is 11.8 Å². The molecule has 0 unspecified atom stereocenters. The molecule has 5 nitrogen and oxygen atoms in total. The highest BCUT2D eigenvalue weighted by Gasteiger charge is 2.30. The van der Waals surface area contributed by atoms with Gasteiger partial charge >= 0.3 is 0 Å². The SMILES string of the molecule is N#CC1=C(SCC(=O)Nc2ccc3ccccc3c2)NC(=O)C[C@@H]1c1cccs1. The number of hydrogen-bond donors (Lipinski definition) is 2. The first-order valence-corrected chi connectivity index (χ1v) is 10.9. The van der Waals surface area contributed by atoms with Crippen molar-refractivity contribution in [2.24, 2.45) is 0 Å². The molecule has 2 aromatic carbocycles. The molecule has 3 aromatic rings. The van der Waals surface area contributed by atoms with Crippen LogP contribution in [-0.2, 0) is 9.59 Å². The standard InChI is InChI=1S/C22H17N3O2S2/c23-12-18-17(19-6-3-9-28-19)11-20(26)25-22(18)29-13-21(27)24-16-8-7-14-4-1-2-5-15(14)10-16/h1-10,17H,11,13H2,(H,24,27)(H,25,26)/t17-/m0/s1. The molecule has 7 heteroatoms. The van der Waals surface area contributed by atoms with Gasteiger partial charge in [0, 0.05) is 22.9 Å². The lowest BCUT2D eigenvalue weighted by molar-refractivity contribution is -0.121. The molecule has 144 valence electrons. The molecule has 2 heterocycles. The Kier molecular flexibility index (Phi) is 5.65. The minimum atomic E-state index is -0.250. The molecule has 0 fully saturated rings. The van der Waals surface area contributed by atoms with Crippen molar-refractivity contribution in [2.75, 3.05) is 11.1 Å². The molecule has 0 spiro atoms. The number of fused-ring (bicyclic) bond motifs is 1. The average Bonchev–Trinajstić information content (AvgIpc) is 3.26. The maximum absolute atomic E-state index is 12.4. The Morgan fingerprint density at radius 3 is 2.79 bits per heavy atom. The van der Waals surface area contributed by atoms with Crippen molar-refractivity contribution in [3.63, 3.8) is 0 Å². The van der Waals surface area contributed by atoms with Gasteiger partial charge < -0.3 is 10.6 Å². The van der Waals surface area contributed by atoms with E-state index in [-0.39, 0.29) is 29.9 Å². The fourth-order valence-corrected chi connectivity index (χ4v) is 4.98. The van der Waals surface area contributed by atoms with Crippen molar-refractivity contribution in [1.82, 2.24) is 5.32 Å². The van der Waals surface area contributed by atoms with E-state index < -0.39 is 0 Å². The van der Waals surface area contributed by atoms with Gasteiger partial charge in [-0.3, -0.25) is 9.59 Å². The van der Waals surface area contributed by atoms with Gasteiger partial charge in [-0.1, -0.05) is 48.2 Å². The largest absolute Gasteiger partial charge is 0.325 e. The van der Waals surface area contributed by atoms with Crippen LogP contribution in [0.25, 0.3) is 10.8 Å². The third kappa shape index (κ3) is 4.34. The number of thiophene rings is 1. The normalized spacial score (nSPS) is 16.4. The molecule has 0 bridgehead atoms. The van der Waals surface area contributed by atoms with E-state index in [0.29, 0.717) is 16.3 Å². The molecular weight excluding hydrogens is 402 g/mol. The van der Waals surface area contributed by atoms with Crippen molar-refractivity contribution < 1.29 is 9.59 Å². The van der Waals surface area contributed by atoms with Crippen LogP contribution in [0.15, 0.2) is 70.6 Å². The fourth-order valence-electron chi connectivity index (χ4n) is 3.27. The minimum absolute atomic E-state index is 0.102. The second kappa shape index (κ2) is 8.52. The number of hydrogen-bond acceptors (Lipinski definition) is 5. The van der Waals surface area contributed by atoms with Crippen LogP contribution in [0.1, 0.15) is 17.2 Å². The lowest BCUT2D eigenvalue weighted by atomic mass is 9.93. The lowest BCUT2D eigenvalue weighted by Crippen LogP contribution is -2.31. The van der Waals surface area contributed by atoms with Gasteiger partial charge in [-0.05, 0) is 34.4 Å². The van der Waals surface area contributed by atoms with Crippen LogP contribution in [0.3, 0.4) is 0 Å². The molecule has 1 aliphatic rings. The summed E-state index contributed by atoms with van der Waals surface area (Å²) in [6, 6.07) is 19.7. The number of anilines is 1. The Morgan fingerprint density at radius 1 is 1.21 bits per heavy atom. The van der Waals surface area contributed by atoms with Crippen molar-refractivity contribution in [1.29, 1.82) is 5.26 Å². The van der Waals surface area contributed by atoms with E-state index >= 15 is 0 Å². The summed E-state index contributed by atoms with van der Waals surface area (Å²) in [5, 5.41) is 19.8. The molecule has 29 heavy (non-hydrogen) atoms. The Bertz CT molecular complexity index is 1150. The number of allylic oxidation sites excluding steroid dienone is 1. The fraction of sp³-hybridized carbons (Fsp3) is 0.136. The first-order chi connectivity index (χ1) is 14.1. The summed E-state index contributed by atoms with van der Waals surface area (Å²) >= 11 is 2.71. The summed E-state index contributed by atoms with van der Waals surface area (Å²) in [5.41, 5.74) is 1.23. The van der Waals surface area contributed by atoms with Gasteiger partial charge in [0.1, 0.15) is 0 Å². The van der Waals surface area contributed by atoms with Crippen LogP contribution in [0.2, 0.25) is 0 Å². The summed E-state index contributed by atoms with van der Waals surface area (Å²) in [6.45, 7) is 0. The van der Waals surface area contributed by atoms with Crippen LogP contribution in [0, 0.1) is 11.3 Å². The first-order valence-electron chi connectivity index (χ1n) is 9.03. The van der Waals surface area contributed by atoms with Crippen LogP contribution < -0.4 is 10.6 Å². The summed E-state index contributed by atoms with van der Waals surface area (Å²) in [6.07, 6.45) is 0.247. The van der Waals surface area contributed by atoms with Crippen molar-refractivity contribution in [2.45, 2.75) is 12.3 Å². The summed E-state index contributed by atoms with van der Waals surface area (Å²) in [7, 11) is 0. The number of rotatable bonds is 5. The van der Waals surface area contributed by atoms with Crippen LogP contribution in [0.4, 0.5) is 5.69 Å². The van der Waals surface area contributed by atoms with E-state index in [0.717, 1.165) is 15.6 Å². The summed E-state index contributed by atoms with van der Waals surface area (Å²) < 4.78 is 0. The molecule has 2 N–H and O–H groups in total. The minimum Gasteiger partial charge on any atom is -0.325 e. The Balaban J connectivity index is 1.46. The predicted molar refractivity (Wildman–Crippen MR) is 117 cm³/mol. The van der Waals surface area contributed by atoms with Crippen LogP contribution >= 0.6 is 23.1 Å². The number of nitrogens with zero attached hydrogens (tertiary/aromatic N) is 1. The maximum atomic E-state index is 12.4. The van der Waals surface area contributed by atoms with E-state index in [2.05, 4.69) is 16.7 Å². The molecule has 4 rings (SSSR count). The Morgan fingerprint density at radius 2 is 2.03 bits per heavy atom. The Labute approximate surface area is 176 Å². The highest BCUT2D eigenvalue weighted by molar-refractivity contribution is 8.03. The molecule has 0 saturated heterocycles. The molecule has 1 atom stereocenters. The highest BCUT2D eigenvalue weighted by Crippen LogP contribution is 2.37. The quantitative estimate of drug-likeness (QED) is 0.633. The number of carbonyl (C=O) groups excluding carboxylic acids is 2. The number of nitriles is 1. The second-order valence-corrected chi connectivity index (χ2v) is 8.54. The van der Waals surface area contributed by atoms with E-state index in [1.165, 1.54) is 23.1 Å². The molecule has 0 saturated carbocycles. The van der Waals surface area contributed by atoms with E-state index in [4.69, 9.17) is 0 Å². The lowest BCUT2D eigenvalue weighted by Gasteiger charge is -2.23. The zero-order valence-electron chi connectivity index (χ0n) is 15.3. The summed E-state index contributed by atoms with van der Waals surface area (Å²) in [5.74, 6) is -0.479. The molecule has 1 aliphatic heterocycles. The molecule has 0 radical (unpaired) electrons. The number of nitrogens with one attached hydrogen (secondary N) is 2. The third-order valence-corrected chi connectivity index (χ3v) is 6.63. The Hall–Kier alpha value is -3.08. The van der Waals surface area contributed by atoms with Gasteiger partial charge in [-0.25, -0.2) is 0 Å². The number of amides is 2. The molecule has 1 aromatic heterocycles. The second-order valence-electron chi connectivity index (χ2n) is 6.57. The van der Waals surface area contributed by atoms with Gasteiger partial charge in [-0.2, -0.15) is 5.26 Å². The van der Waals surface area contributed by atoms with Crippen LogP contribution in [0.5, 0.6) is 0 Å². The van der Waals surface area contributed by atoms with Crippen molar-refractivity contribution in [3.05, 3.63) is 75.5 Å². The van der Waals surface area contributed by atoms with Crippen molar-refractivity contribution in [3.8, 4) is 6.07 Å². The molecular formula is C22H17N3O2S2. The van der Waals surface area contributed by atoms with E-state index in [1.54, 1.807) is 0 Å². The number of benzene rings is 2. The average molecular weight is 420 g/mol. The monoisotopic (exact) mass is 419 g/mol. The summed E-state index contributed by atoms with van der Waals surface area (Å²) in [4.78, 5) is 25.5. The van der Waals surface area contributed by atoms with Gasteiger partial charge in [0.05, 0.1) is 22.4 Å². The first kappa shape index (κ1) is 19.2. The van der Waals surface area contributed by atoms with Gasteiger partial charge in [0.25, 0.3) is 0 Å². The number of thioether (sulfide) groups is 1. The smallest absolute Gasteiger partial charge is 0.234 e. The third-order valence-electron chi connectivity index (χ3n) is 4.62.